The van der Waals surface area contributed by atoms with Crippen LogP contribution in [-0.2, 0) is 0 Å². The van der Waals surface area contributed by atoms with Gasteiger partial charge in [0.15, 0.2) is 0 Å². The van der Waals surface area contributed by atoms with Gasteiger partial charge in [-0.1, -0.05) is 6.07 Å². The van der Waals surface area contributed by atoms with Gasteiger partial charge in [-0.25, -0.2) is 4.98 Å². The molecule has 3 N–H and O–H groups in total. The summed E-state index contributed by atoms with van der Waals surface area (Å²) in [4.78, 5) is 6.58. The second-order valence-corrected chi connectivity index (χ2v) is 5.03. The van der Waals surface area contributed by atoms with Crippen LogP contribution in [0, 0.1) is 0 Å². The minimum Gasteiger partial charge on any atom is -0.367 e. The Hall–Kier alpha value is -1.29. The van der Waals surface area contributed by atoms with E-state index >= 15 is 0 Å². The van der Waals surface area contributed by atoms with Gasteiger partial charge < -0.3 is 16.0 Å². The molecule has 1 saturated carbocycles. The van der Waals surface area contributed by atoms with E-state index in [4.69, 9.17) is 5.73 Å². The number of nitrogens with one attached hydrogen (secondary N) is 1. The third-order valence-electron chi connectivity index (χ3n) is 3.32. The monoisotopic (exact) mass is 234 g/mol. The zero-order chi connectivity index (χ0) is 12.3. The van der Waals surface area contributed by atoms with Crippen LogP contribution in [0.15, 0.2) is 18.2 Å². The van der Waals surface area contributed by atoms with Gasteiger partial charge in [0.1, 0.15) is 11.6 Å². The zero-order valence-corrected chi connectivity index (χ0v) is 10.7. The molecule has 4 nitrogen and oxygen atoms in total. The molecule has 0 aromatic carbocycles. The molecule has 94 valence electrons. The summed E-state index contributed by atoms with van der Waals surface area (Å²) >= 11 is 0. The first kappa shape index (κ1) is 12.2. The fourth-order valence-corrected chi connectivity index (χ4v) is 2.23. The maximum absolute atomic E-state index is 5.90. The molecule has 0 aliphatic heterocycles. The summed E-state index contributed by atoms with van der Waals surface area (Å²) in [6, 6.07) is 7.01. The van der Waals surface area contributed by atoms with Crippen LogP contribution in [0.2, 0.25) is 0 Å². The normalized spacial score (nSPS) is 24.4. The van der Waals surface area contributed by atoms with E-state index in [-0.39, 0.29) is 0 Å². The van der Waals surface area contributed by atoms with Crippen LogP contribution in [0.25, 0.3) is 0 Å². The van der Waals surface area contributed by atoms with E-state index in [9.17, 15) is 0 Å². The molecule has 1 aliphatic carbocycles. The largest absolute Gasteiger partial charge is 0.367 e. The van der Waals surface area contributed by atoms with E-state index in [0.717, 1.165) is 37.3 Å². The molecule has 0 spiro atoms. The molecule has 17 heavy (non-hydrogen) atoms. The Morgan fingerprint density at radius 1 is 1.24 bits per heavy atom. The number of hydrogen-bond donors (Lipinski definition) is 2. The molecular weight excluding hydrogens is 212 g/mol. The van der Waals surface area contributed by atoms with E-state index in [1.54, 1.807) is 0 Å². The average Bonchev–Trinajstić information content (AvgIpc) is 2.32. The van der Waals surface area contributed by atoms with Crippen LogP contribution in [0.5, 0.6) is 0 Å². The Kier molecular flexibility index (Phi) is 3.84. The summed E-state index contributed by atoms with van der Waals surface area (Å²) < 4.78 is 0. The van der Waals surface area contributed by atoms with Gasteiger partial charge in [-0.2, -0.15) is 0 Å². The van der Waals surface area contributed by atoms with Crippen molar-refractivity contribution >= 4 is 11.6 Å². The highest BCUT2D eigenvalue weighted by atomic mass is 15.2. The van der Waals surface area contributed by atoms with Crippen molar-refractivity contribution < 1.29 is 0 Å². The lowest BCUT2D eigenvalue weighted by molar-refractivity contribution is 0.410. The first-order valence-electron chi connectivity index (χ1n) is 6.31. The lowest BCUT2D eigenvalue weighted by Gasteiger charge is -2.27. The van der Waals surface area contributed by atoms with Crippen LogP contribution in [0.1, 0.15) is 25.7 Å². The molecule has 0 unspecified atom stereocenters. The third kappa shape index (κ3) is 3.33. The molecule has 1 aliphatic rings. The first-order valence-corrected chi connectivity index (χ1v) is 6.31. The van der Waals surface area contributed by atoms with Gasteiger partial charge in [0.05, 0.1) is 0 Å². The minimum atomic E-state index is 0.397. The van der Waals surface area contributed by atoms with E-state index in [1.807, 2.05) is 37.2 Å². The quantitative estimate of drug-likeness (QED) is 0.838. The van der Waals surface area contributed by atoms with Gasteiger partial charge in [-0.15, -0.1) is 0 Å². The Bertz CT molecular complexity index is 356. The van der Waals surface area contributed by atoms with Crippen LogP contribution in [0.4, 0.5) is 11.6 Å². The topological polar surface area (TPSA) is 54.2 Å². The van der Waals surface area contributed by atoms with E-state index in [1.165, 1.54) is 0 Å². The first-order chi connectivity index (χ1) is 8.15. The Morgan fingerprint density at radius 3 is 2.59 bits per heavy atom. The number of nitrogens with zero attached hydrogens (tertiary/aromatic N) is 2. The standard InChI is InChI=1S/C13H22N4/c1-17(2)13-5-3-4-12(16-13)15-11-8-6-10(14)7-9-11/h3-5,10-11H,6-9,14H2,1-2H3,(H,15,16). The number of pyridine rings is 1. The smallest absolute Gasteiger partial charge is 0.130 e. The maximum Gasteiger partial charge on any atom is 0.130 e. The van der Waals surface area contributed by atoms with Crippen LogP contribution in [-0.4, -0.2) is 31.2 Å². The summed E-state index contributed by atoms with van der Waals surface area (Å²) in [5.74, 6) is 1.96. The van der Waals surface area contributed by atoms with Crippen molar-refractivity contribution in [3.63, 3.8) is 0 Å². The number of nitrogens with two attached hydrogens (primary N) is 1. The average molecular weight is 234 g/mol. The molecule has 1 aromatic heterocycles. The van der Waals surface area contributed by atoms with E-state index in [2.05, 4.69) is 10.3 Å². The second kappa shape index (κ2) is 5.36. The van der Waals surface area contributed by atoms with Gasteiger partial charge in [0, 0.05) is 26.2 Å². The summed E-state index contributed by atoms with van der Waals surface area (Å²) in [7, 11) is 4.01. The summed E-state index contributed by atoms with van der Waals surface area (Å²) in [6.07, 6.45) is 4.53. The predicted octanol–water partition coefficient (Wildman–Crippen LogP) is 1.83. The molecule has 1 fully saturated rings. The minimum absolute atomic E-state index is 0.397. The van der Waals surface area contributed by atoms with Crippen molar-refractivity contribution in [1.29, 1.82) is 0 Å². The zero-order valence-electron chi connectivity index (χ0n) is 10.7. The van der Waals surface area contributed by atoms with E-state index < -0.39 is 0 Å². The lowest BCUT2D eigenvalue weighted by atomic mass is 9.92. The number of aromatic nitrogens is 1. The highest BCUT2D eigenvalue weighted by Crippen LogP contribution is 2.21. The molecule has 1 aromatic rings. The number of hydrogen-bond acceptors (Lipinski definition) is 4. The Balaban J connectivity index is 1.96. The van der Waals surface area contributed by atoms with Crippen LogP contribution < -0.4 is 16.0 Å². The van der Waals surface area contributed by atoms with Gasteiger partial charge >= 0.3 is 0 Å². The predicted molar refractivity (Wildman–Crippen MR) is 72.4 cm³/mol. The molecule has 0 radical (unpaired) electrons. The molecule has 4 heteroatoms. The summed E-state index contributed by atoms with van der Waals surface area (Å²) in [6.45, 7) is 0. The second-order valence-electron chi connectivity index (χ2n) is 5.03. The van der Waals surface area contributed by atoms with Crippen molar-refractivity contribution in [2.45, 2.75) is 37.8 Å². The molecule has 0 atom stereocenters. The van der Waals surface area contributed by atoms with Crippen molar-refractivity contribution in [3.8, 4) is 0 Å². The molecule has 0 saturated heterocycles. The molecule has 1 heterocycles. The SMILES string of the molecule is CN(C)c1cccc(NC2CCC(N)CC2)n1. The van der Waals surface area contributed by atoms with Crippen molar-refractivity contribution in [2.24, 2.45) is 5.73 Å². The lowest BCUT2D eigenvalue weighted by Crippen LogP contribution is -2.33. The number of anilines is 2. The fourth-order valence-electron chi connectivity index (χ4n) is 2.23. The van der Waals surface area contributed by atoms with Crippen molar-refractivity contribution in [1.82, 2.24) is 4.98 Å². The van der Waals surface area contributed by atoms with Crippen molar-refractivity contribution in [2.75, 3.05) is 24.3 Å². The van der Waals surface area contributed by atoms with E-state index in [0.29, 0.717) is 12.1 Å². The highest BCUT2D eigenvalue weighted by molar-refractivity contribution is 5.46. The summed E-state index contributed by atoms with van der Waals surface area (Å²) in [5.41, 5.74) is 5.90. The van der Waals surface area contributed by atoms with Crippen molar-refractivity contribution in [3.05, 3.63) is 18.2 Å². The molecule has 0 amide bonds. The van der Waals surface area contributed by atoms with Crippen LogP contribution >= 0.6 is 0 Å². The fraction of sp³-hybridized carbons (Fsp3) is 0.615. The molecule has 2 rings (SSSR count). The van der Waals surface area contributed by atoms with Gasteiger partial charge in [0.2, 0.25) is 0 Å². The maximum atomic E-state index is 5.90. The van der Waals surface area contributed by atoms with Gasteiger partial charge in [0.25, 0.3) is 0 Å². The van der Waals surface area contributed by atoms with Gasteiger partial charge in [-0.3, -0.25) is 0 Å². The van der Waals surface area contributed by atoms with Gasteiger partial charge in [-0.05, 0) is 37.8 Å². The molecular formula is C13H22N4. The number of rotatable bonds is 3. The Labute approximate surface area is 103 Å². The molecule has 0 bridgehead atoms. The third-order valence-corrected chi connectivity index (χ3v) is 3.32. The Morgan fingerprint density at radius 2 is 1.94 bits per heavy atom. The highest BCUT2D eigenvalue weighted by Gasteiger charge is 2.18. The summed E-state index contributed by atoms with van der Waals surface area (Å²) in [5, 5.41) is 3.50. The van der Waals surface area contributed by atoms with Crippen LogP contribution in [0.3, 0.4) is 0 Å².